The quantitative estimate of drug-likeness (QED) is 0.421. The van der Waals surface area contributed by atoms with Crippen LogP contribution in [0.15, 0.2) is 78.1 Å². The maximum absolute atomic E-state index is 12.9. The third-order valence-electron chi connectivity index (χ3n) is 5.35. The molecule has 2 aromatic carbocycles. The molecule has 0 saturated carbocycles. The summed E-state index contributed by atoms with van der Waals surface area (Å²) in [6.07, 6.45) is 5.21. The van der Waals surface area contributed by atoms with E-state index < -0.39 is 10.0 Å². The molecule has 8 nitrogen and oxygen atoms in total. The molecule has 0 aliphatic rings. The highest BCUT2D eigenvalue weighted by molar-refractivity contribution is 7.92. The number of amides is 1. The lowest BCUT2D eigenvalue weighted by Crippen LogP contribution is -2.23. The van der Waals surface area contributed by atoms with E-state index in [4.69, 9.17) is 0 Å². The number of pyridine rings is 1. The summed E-state index contributed by atoms with van der Waals surface area (Å²) in [5.41, 5.74) is 3.03. The molecule has 0 aliphatic heterocycles. The van der Waals surface area contributed by atoms with Gasteiger partial charge in [0.1, 0.15) is 11.6 Å². The Morgan fingerprint density at radius 1 is 0.971 bits per heavy atom. The first kappa shape index (κ1) is 23.2. The Kier molecular flexibility index (Phi) is 6.47. The van der Waals surface area contributed by atoms with Gasteiger partial charge in [0.25, 0.3) is 15.9 Å². The molecule has 0 aliphatic carbocycles. The van der Waals surface area contributed by atoms with Crippen molar-refractivity contribution in [3.8, 4) is 5.82 Å². The number of rotatable bonds is 7. The number of aromatic nitrogens is 3. The van der Waals surface area contributed by atoms with E-state index in [2.05, 4.69) is 20.0 Å². The van der Waals surface area contributed by atoms with Crippen LogP contribution in [0.5, 0.6) is 0 Å². The second kappa shape index (κ2) is 9.48. The normalized spacial score (nSPS) is 11.3. The number of sulfonamides is 1. The summed E-state index contributed by atoms with van der Waals surface area (Å²) in [6.45, 7) is 5.76. The Morgan fingerprint density at radius 3 is 2.56 bits per heavy atom. The molecule has 0 spiro atoms. The van der Waals surface area contributed by atoms with E-state index in [1.807, 2.05) is 42.8 Å². The molecule has 0 saturated heterocycles. The second-order valence-electron chi connectivity index (χ2n) is 8.00. The number of nitrogens with zero attached hydrogens (tertiary/aromatic N) is 3. The van der Waals surface area contributed by atoms with Crippen LogP contribution in [0.1, 0.15) is 32.9 Å². The Labute approximate surface area is 198 Å². The molecule has 0 bridgehead atoms. The highest BCUT2D eigenvalue weighted by Crippen LogP contribution is 2.21. The largest absolute Gasteiger partial charge is 0.348 e. The number of aryl methyl sites for hydroxylation is 3. The third kappa shape index (κ3) is 5.15. The van der Waals surface area contributed by atoms with Crippen LogP contribution in [0.4, 0.5) is 5.69 Å². The smallest absolute Gasteiger partial charge is 0.262 e. The van der Waals surface area contributed by atoms with Crippen molar-refractivity contribution in [3.05, 3.63) is 101 Å². The van der Waals surface area contributed by atoms with Crippen molar-refractivity contribution in [2.45, 2.75) is 32.2 Å². The van der Waals surface area contributed by atoms with Crippen LogP contribution in [0, 0.1) is 20.8 Å². The van der Waals surface area contributed by atoms with Crippen LogP contribution in [0.2, 0.25) is 0 Å². The van der Waals surface area contributed by atoms with Gasteiger partial charge in [0.05, 0.1) is 4.90 Å². The lowest BCUT2D eigenvalue weighted by atomic mass is 10.2. The maximum atomic E-state index is 12.9. The van der Waals surface area contributed by atoms with E-state index in [1.165, 1.54) is 6.07 Å². The molecule has 2 N–H and O–H groups in total. The molecule has 0 atom stereocenters. The number of carbonyl (C=O) groups excluding carboxylic acids is 1. The standard InChI is InChI=1S/C25H25N5O3S/c1-17-7-8-18(2)23(13-17)34(32,33)29-22-6-4-5-21(15-22)25(31)28-16-20-9-10-27-24(14-20)30-12-11-26-19(30)3/h4-15,29H,16H2,1-3H3,(H,28,31). The first-order valence-corrected chi connectivity index (χ1v) is 12.1. The zero-order valence-electron chi connectivity index (χ0n) is 19.1. The summed E-state index contributed by atoms with van der Waals surface area (Å²) in [6, 6.07) is 15.4. The Bertz CT molecular complexity index is 1460. The molecule has 4 aromatic rings. The molecule has 2 heterocycles. The van der Waals surface area contributed by atoms with Gasteiger partial charge in [0.15, 0.2) is 0 Å². The molecule has 1 amide bonds. The summed E-state index contributed by atoms with van der Waals surface area (Å²) >= 11 is 0. The molecule has 0 fully saturated rings. The fourth-order valence-electron chi connectivity index (χ4n) is 3.54. The van der Waals surface area contributed by atoms with Crippen LogP contribution >= 0.6 is 0 Å². The SMILES string of the molecule is Cc1ccc(C)c(S(=O)(=O)Nc2cccc(C(=O)NCc3ccnc(-n4ccnc4C)c3)c2)c1. The second-order valence-corrected chi connectivity index (χ2v) is 9.66. The topological polar surface area (TPSA) is 106 Å². The zero-order chi connectivity index (χ0) is 24.3. The Hall–Kier alpha value is -3.98. The van der Waals surface area contributed by atoms with Gasteiger partial charge in [-0.1, -0.05) is 18.2 Å². The molecule has 174 valence electrons. The van der Waals surface area contributed by atoms with Gasteiger partial charge in [-0.15, -0.1) is 0 Å². The van der Waals surface area contributed by atoms with Crippen molar-refractivity contribution < 1.29 is 13.2 Å². The van der Waals surface area contributed by atoms with Crippen molar-refractivity contribution in [1.82, 2.24) is 19.9 Å². The minimum absolute atomic E-state index is 0.212. The fraction of sp³-hybridized carbons (Fsp3) is 0.160. The molecular weight excluding hydrogens is 450 g/mol. The molecule has 0 radical (unpaired) electrons. The average Bonchev–Trinajstić information content (AvgIpc) is 3.25. The number of carbonyl (C=O) groups is 1. The fourth-order valence-corrected chi connectivity index (χ4v) is 4.92. The van der Waals surface area contributed by atoms with Crippen LogP contribution in [0.3, 0.4) is 0 Å². The number of hydrogen-bond acceptors (Lipinski definition) is 5. The lowest BCUT2D eigenvalue weighted by molar-refractivity contribution is 0.0951. The van der Waals surface area contributed by atoms with Crippen molar-refractivity contribution in [2.75, 3.05) is 4.72 Å². The minimum Gasteiger partial charge on any atom is -0.348 e. The molecular formula is C25H25N5O3S. The predicted molar refractivity (Wildman–Crippen MR) is 130 cm³/mol. The van der Waals surface area contributed by atoms with Gasteiger partial charge >= 0.3 is 0 Å². The van der Waals surface area contributed by atoms with E-state index in [0.29, 0.717) is 29.2 Å². The van der Waals surface area contributed by atoms with Crippen molar-refractivity contribution in [2.24, 2.45) is 0 Å². The Balaban J connectivity index is 1.46. The first-order valence-electron chi connectivity index (χ1n) is 10.7. The minimum atomic E-state index is -3.79. The summed E-state index contributed by atoms with van der Waals surface area (Å²) in [7, 11) is -3.79. The van der Waals surface area contributed by atoms with Crippen molar-refractivity contribution >= 4 is 21.6 Å². The van der Waals surface area contributed by atoms with Crippen LogP contribution < -0.4 is 10.0 Å². The highest BCUT2D eigenvalue weighted by atomic mass is 32.2. The number of nitrogens with one attached hydrogen (secondary N) is 2. The van der Waals surface area contributed by atoms with E-state index in [9.17, 15) is 13.2 Å². The first-order chi connectivity index (χ1) is 16.2. The Morgan fingerprint density at radius 2 is 1.79 bits per heavy atom. The van der Waals surface area contributed by atoms with E-state index in [0.717, 1.165) is 17.0 Å². The van der Waals surface area contributed by atoms with Crippen LogP contribution in [-0.2, 0) is 16.6 Å². The molecule has 4 rings (SSSR count). The van der Waals surface area contributed by atoms with Gasteiger partial charge in [-0.05, 0) is 73.9 Å². The molecule has 2 aromatic heterocycles. The number of anilines is 1. The number of imidazole rings is 1. The van der Waals surface area contributed by atoms with Gasteiger partial charge < -0.3 is 5.32 Å². The van der Waals surface area contributed by atoms with E-state index >= 15 is 0 Å². The maximum Gasteiger partial charge on any atom is 0.262 e. The van der Waals surface area contributed by atoms with Gasteiger partial charge in [0, 0.05) is 36.4 Å². The molecule has 34 heavy (non-hydrogen) atoms. The van der Waals surface area contributed by atoms with Crippen LogP contribution in [0.25, 0.3) is 5.82 Å². The van der Waals surface area contributed by atoms with E-state index in [1.54, 1.807) is 49.6 Å². The average molecular weight is 476 g/mol. The van der Waals surface area contributed by atoms with Gasteiger partial charge in [-0.25, -0.2) is 18.4 Å². The molecule has 0 unspecified atom stereocenters. The van der Waals surface area contributed by atoms with Crippen molar-refractivity contribution in [3.63, 3.8) is 0 Å². The summed E-state index contributed by atoms with van der Waals surface area (Å²) in [5.74, 6) is 1.21. The summed E-state index contributed by atoms with van der Waals surface area (Å²) in [4.78, 5) is 21.5. The number of hydrogen-bond donors (Lipinski definition) is 2. The molecule has 9 heteroatoms. The van der Waals surface area contributed by atoms with Gasteiger partial charge in [0.2, 0.25) is 0 Å². The third-order valence-corrected chi connectivity index (χ3v) is 6.87. The summed E-state index contributed by atoms with van der Waals surface area (Å²) in [5, 5.41) is 2.87. The lowest BCUT2D eigenvalue weighted by Gasteiger charge is -2.12. The van der Waals surface area contributed by atoms with Crippen LogP contribution in [-0.4, -0.2) is 28.9 Å². The zero-order valence-corrected chi connectivity index (χ0v) is 19.9. The highest BCUT2D eigenvalue weighted by Gasteiger charge is 2.18. The number of benzene rings is 2. The predicted octanol–water partition coefficient (Wildman–Crippen LogP) is 3.92. The monoisotopic (exact) mass is 475 g/mol. The van der Waals surface area contributed by atoms with Gasteiger partial charge in [-0.2, -0.15) is 0 Å². The van der Waals surface area contributed by atoms with E-state index in [-0.39, 0.29) is 10.8 Å². The summed E-state index contributed by atoms with van der Waals surface area (Å²) < 4.78 is 30.2. The van der Waals surface area contributed by atoms with Gasteiger partial charge in [-0.3, -0.25) is 14.1 Å². The van der Waals surface area contributed by atoms with Crippen molar-refractivity contribution in [1.29, 1.82) is 0 Å².